The Morgan fingerprint density at radius 3 is 2.53 bits per heavy atom. The van der Waals surface area contributed by atoms with Crippen LogP contribution in [0.4, 0.5) is 4.79 Å². The molecule has 0 aliphatic rings. The van der Waals surface area contributed by atoms with Crippen molar-refractivity contribution in [2.24, 2.45) is 4.99 Å². The number of nitrogens with one attached hydrogen (secondary N) is 3. The van der Waals surface area contributed by atoms with E-state index in [2.05, 4.69) is 44.2 Å². The van der Waals surface area contributed by atoms with Gasteiger partial charge in [-0.15, -0.1) is 24.0 Å². The molecule has 1 aromatic heterocycles. The zero-order chi connectivity index (χ0) is 21.1. The van der Waals surface area contributed by atoms with Crippen LogP contribution in [0.25, 0.3) is 0 Å². The van der Waals surface area contributed by atoms with Crippen molar-refractivity contribution in [3.8, 4) is 0 Å². The van der Waals surface area contributed by atoms with E-state index in [-0.39, 0.29) is 24.0 Å². The number of aliphatic imine (C=N–C) groups is 1. The molecular weight excluding hydrogens is 495 g/mol. The fourth-order valence-corrected chi connectivity index (χ4v) is 2.58. The molecule has 1 amide bonds. The van der Waals surface area contributed by atoms with E-state index >= 15 is 0 Å². The Labute approximate surface area is 195 Å². The lowest BCUT2D eigenvalue weighted by Gasteiger charge is -2.19. The minimum absolute atomic E-state index is 0. The maximum atomic E-state index is 11.7. The van der Waals surface area contributed by atoms with Crippen LogP contribution in [0.2, 0.25) is 0 Å². The van der Waals surface area contributed by atoms with E-state index in [1.54, 1.807) is 6.20 Å². The molecule has 0 unspecified atom stereocenters. The molecule has 9 heteroatoms. The molecule has 8 nitrogen and oxygen atoms in total. The van der Waals surface area contributed by atoms with Crippen molar-refractivity contribution in [1.29, 1.82) is 0 Å². The Bertz CT molecular complexity index is 787. The van der Waals surface area contributed by atoms with Crippen LogP contribution in [-0.2, 0) is 17.8 Å². The van der Waals surface area contributed by atoms with Crippen LogP contribution in [0.15, 0.2) is 47.7 Å². The summed E-state index contributed by atoms with van der Waals surface area (Å²) in [6.07, 6.45) is 3.30. The average molecular weight is 528 g/mol. The van der Waals surface area contributed by atoms with Gasteiger partial charge in [0.05, 0.1) is 13.1 Å². The normalized spacial score (nSPS) is 11.4. The van der Waals surface area contributed by atoms with Crippen molar-refractivity contribution in [3.05, 3.63) is 53.9 Å². The van der Waals surface area contributed by atoms with Gasteiger partial charge < -0.3 is 20.7 Å². The van der Waals surface area contributed by atoms with E-state index in [1.807, 2.05) is 50.7 Å². The van der Waals surface area contributed by atoms with Gasteiger partial charge in [0.2, 0.25) is 0 Å². The predicted octanol–water partition coefficient (Wildman–Crippen LogP) is 3.13. The number of guanidine groups is 1. The molecule has 166 valence electrons. The van der Waals surface area contributed by atoms with Crippen molar-refractivity contribution < 1.29 is 9.53 Å². The first-order chi connectivity index (χ1) is 13.9. The smallest absolute Gasteiger partial charge is 0.407 e. The molecule has 0 atom stereocenters. The number of amides is 1. The number of hydrogen-bond donors (Lipinski definition) is 3. The number of rotatable bonds is 8. The first-order valence-corrected chi connectivity index (χ1v) is 9.90. The van der Waals surface area contributed by atoms with Crippen LogP contribution in [-0.4, -0.2) is 47.1 Å². The minimum Gasteiger partial charge on any atom is -0.444 e. The molecule has 1 aromatic carbocycles. The van der Waals surface area contributed by atoms with Crippen LogP contribution in [0.1, 0.15) is 38.8 Å². The highest BCUT2D eigenvalue weighted by Gasteiger charge is 2.15. The highest BCUT2D eigenvalue weighted by molar-refractivity contribution is 14.0. The first-order valence-electron chi connectivity index (χ1n) is 9.90. The molecule has 30 heavy (non-hydrogen) atoms. The van der Waals surface area contributed by atoms with Gasteiger partial charge in [0.1, 0.15) is 5.60 Å². The molecule has 0 spiro atoms. The van der Waals surface area contributed by atoms with Gasteiger partial charge in [-0.3, -0.25) is 4.68 Å². The molecule has 2 aromatic rings. The van der Waals surface area contributed by atoms with Crippen LogP contribution in [0.3, 0.4) is 0 Å². The van der Waals surface area contributed by atoms with E-state index in [9.17, 15) is 4.79 Å². The van der Waals surface area contributed by atoms with Gasteiger partial charge in [-0.1, -0.05) is 24.3 Å². The van der Waals surface area contributed by atoms with Crippen LogP contribution in [0.5, 0.6) is 0 Å². The number of aromatic nitrogens is 2. The summed E-state index contributed by atoms with van der Waals surface area (Å²) in [5.41, 5.74) is 1.81. The Hall–Kier alpha value is -2.30. The number of ether oxygens (including phenoxy) is 1. The fraction of sp³-hybridized carbons (Fsp3) is 0.476. The summed E-state index contributed by atoms with van der Waals surface area (Å²) >= 11 is 0. The van der Waals surface area contributed by atoms with Gasteiger partial charge in [-0.05, 0) is 44.9 Å². The zero-order valence-corrected chi connectivity index (χ0v) is 20.5. The molecular formula is C21H33IN6O2. The summed E-state index contributed by atoms with van der Waals surface area (Å²) in [6, 6.07) is 10.2. The Morgan fingerprint density at radius 1 is 1.13 bits per heavy atom. The highest BCUT2D eigenvalue weighted by atomic mass is 127. The van der Waals surface area contributed by atoms with E-state index in [0.29, 0.717) is 25.6 Å². The van der Waals surface area contributed by atoms with Gasteiger partial charge in [0.15, 0.2) is 5.96 Å². The van der Waals surface area contributed by atoms with Crippen molar-refractivity contribution in [1.82, 2.24) is 25.7 Å². The van der Waals surface area contributed by atoms with Crippen LogP contribution in [0, 0.1) is 0 Å². The number of carbonyl (C=O) groups excluding carboxylic acids is 1. The van der Waals surface area contributed by atoms with Crippen molar-refractivity contribution in [2.45, 2.75) is 46.4 Å². The third-order valence-corrected chi connectivity index (χ3v) is 3.74. The Morgan fingerprint density at radius 2 is 1.87 bits per heavy atom. The maximum Gasteiger partial charge on any atom is 0.407 e. The highest BCUT2D eigenvalue weighted by Crippen LogP contribution is 2.08. The Kier molecular flexibility index (Phi) is 11.2. The largest absolute Gasteiger partial charge is 0.444 e. The molecule has 0 saturated carbocycles. The van der Waals surface area contributed by atoms with Gasteiger partial charge >= 0.3 is 6.09 Å². The zero-order valence-electron chi connectivity index (χ0n) is 18.1. The van der Waals surface area contributed by atoms with E-state index in [1.165, 1.54) is 5.56 Å². The lowest BCUT2D eigenvalue weighted by molar-refractivity contribution is 0.0529. The second-order valence-electron chi connectivity index (χ2n) is 7.57. The van der Waals surface area contributed by atoms with Crippen LogP contribution >= 0.6 is 24.0 Å². The number of alkyl carbamates (subject to hydrolysis) is 1. The molecule has 0 aliphatic carbocycles. The lowest BCUT2D eigenvalue weighted by atomic mass is 10.1. The molecule has 3 N–H and O–H groups in total. The number of hydrogen-bond acceptors (Lipinski definition) is 4. The number of benzene rings is 1. The monoisotopic (exact) mass is 528 g/mol. The van der Waals surface area contributed by atoms with Crippen LogP contribution < -0.4 is 16.0 Å². The standard InChI is InChI=1S/C21H32N6O2.HI/c1-5-22-19(23-11-12-24-20(28)29-21(2,3)4)25-15-17-8-6-9-18(14-17)16-27-13-7-10-26-27;/h6-10,13-14H,5,11-12,15-16H2,1-4H3,(H,24,28)(H2,22,23,25);1H. The molecule has 0 fully saturated rings. The van der Waals surface area contributed by atoms with Gasteiger partial charge in [-0.2, -0.15) is 5.10 Å². The molecule has 0 bridgehead atoms. The predicted molar refractivity (Wildman–Crippen MR) is 130 cm³/mol. The summed E-state index contributed by atoms with van der Waals surface area (Å²) in [4.78, 5) is 16.3. The van der Waals surface area contributed by atoms with Gasteiger partial charge in [0.25, 0.3) is 0 Å². The van der Waals surface area contributed by atoms with Crippen molar-refractivity contribution in [2.75, 3.05) is 19.6 Å². The van der Waals surface area contributed by atoms with Crippen molar-refractivity contribution >= 4 is 36.0 Å². The van der Waals surface area contributed by atoms with E-state index in [0.717, 1.165) is 18.7 Å². The molecule has 2 rings (SSSR count). The Balaban J connectivity index is 0.00000450. The van der Waals surface area contributed by atoms with Gasteiger partial charge in [0, 0.05) is 32.0 Å². The summed E-state index contributed by atoms with van der Waals surface area (Å²) in [5.74, 6) is 0.705. The third kappa shape index (κ3) is 10.5. The first kappa shape index (κ1) is 25.7. The van der Waals surface area contributed by atoms with Gasteiger partial charge in [-0.25, -0.2) is 9.79 Å². The third-order valence-electron chi connectivity index (χ3n) is 3.74. The summed E-state index contributed by atoms with van der Waals surface area (Å²) < 4.78 is 7.11. The summed E-state index contributed by atoms with van der Waals surface area (Å²) in [7, 11) is 0. The second kappa shape index (κ2) is 13.1. The quantitative estimate of drug-likeness (QED) is 0.212. The molecule has 0 saturated heterocycles. The average Bonchev–Trinajstić information content (AvgIpc) is 3.15. The second-order valence-corrected chi connectivity index (χ2v) is 7.57. The minimum atomic E-state index is -0.500. The molecule has 1 heterocycles. The molecule has 0 aliphatic heterocycles. The topological polar surface area (TPSA) is 92.6 Å². The number of carbonyl (C=O) groups is 1. The number of halogens is 1. The van der Waals surface area contributed by atoms with E-state index < -0.39 is 11.7 Å². The number of nitrogens with zero attached hydrogens (tertiary/aromatic N) is 3. The summed E-state index contributed by atoms with van der Waals surface area (Å²) in [5, 5.41) is 13.4. The maximum absolute atomic E-state index is 11.7. The fourth-order valence-electron chi connectivity index (χ4n) is 2.58. The van der Waals surface area contributed by atoms with Crippen molar-refractivity contribution in [3.63, 3.8) is 0 Å². The SMILES string of the molecule is CCNC(=NCc1cccc(Cn2cccn2)c1)NCCNC(=O)OC(C)(C)C.I. The summed E-state index contributed by atoms with van der Waals surface area (Å²) in [6.45, 7) is 10.6. The molecule has 0 radical (unpaired) electrons. The van der Waals surface area contributed by atoms with E-state index in [4.69, 9.17) is 4.74 Å². The lowest BCUT2D eigenvalue weighted by Crippen LogP contribution is -2.42.